The van der Waals surface area contributed by atoms with Gasteiger partial charge in [0.1, 0.15) is 0 Å². The van der Waals surface area contributed by atoms with Crippen LogP contribution >= 0.6 is 0 Å². The molecule has 0 spiro atoms. The summed E-state index contributed by atoms with van der Waals surface area (Å²) in [5.41, 5.74) is 0.111. The molecule has 2 aliphatic rings. The van der Waals surface area contributed by atoms with E-state index in [4.69, 9.17) is 5.11 Å². The van der Waals surface area contributed by atoms with Crippen LogP contribution in [-0.4, -0.2) is 21.8 Å². The minimum atomic E-state index is -0.898. The van der Waals surface area contributed by atoms with Crippen molar-refractivity contribution in [3.05, 3.63) is 11.6 Å². The number of allylic oxidation sites excluding steroid dienone is 1. The minimum absolute atomic E-state index is 0.0972. The van der Waals surface area contributed by atoms with Gasteiger partial charge in [-0.15, -0.1) is 0 Å². The summed E-state index contributed by atoms with van der Waals surface area (Å²) in [6, 6.07) is 0. The van der Waals surface area contributed by atoms with Gasteiger partial charge in [-0.05, 0) is 62.2 Å². The summed E-state index contributed by atoms with van der Waals surface area (Å²) in [6.07, 6.45) is 8.28. The van der Waals surface area contributed by atoms with Crippen LogP contribution in [0.15, 0.2) is 11.6 Å². The van der Waals surface area contributed by atoms with Crippen molar-refractivity contribution in [2.45, 2.75) is 92.1 Å². The first kappa shape index (κ1) is 19.5. The van der Waals surface area contributed by atoms with E-state index in [0.29, 0.717) is 18.8 Å². The van der Waals surface area contributed by atoms with E-state index in [1.807, 2.05) is 6.92 Å². The standard InChI is InChI=1S/C21H36O3/c1-15(14-17(22)23)8-13-21(24)19(4,5)12-9-16-18(2,3)10-7-11-20(16,21)6/h14,16,24H,7-13H2,1-6H3,(H,22,23)/b15-14+/t16-,20-,21+/m0/s1. The number of rotatable bonds is 4. The normalized spacial score (nSPS) is 38.5. The molecule has 0 unspecified atom stereocenters. The summed E-state index contributed by atoms with van der Waals surface area (Å²) in [7, 11) is 0. The van der Waals surface area contributed by atoms with Crippen molar-refractivity contribution >= 4 is 5.97 Å². The minimum Gasteiger partial charge on any atom is -0.478 e. The second kappa shape index (κ2) is 6.16. The van der Waals surface area contributed by atoms with Gasteiger partial charge in [0.25, 0.3) is 0 Å². The first-order valence-corrected chi connectivity index (χ1v) is 9.48. The molecule has 0 amide bonds. The Balaban J connectivity index is 2.36. The van der Waals surface area contributed by atoms with Crippen molar-refractivity contribution < 1.29 is 15.0 Å². The lowest BCUT2D eigenvalue weighted by Crippen LogP contribution is -2.65. The highest BCUT2D eigenvalue weighted by molar-refractivity contribution is 5.80. The van der Waals surface area contributed by atoms with Crippen molar-refractivity contribution in [1.82, 2.24) is 0 Å². The number of carboxylic acids is 1. The third-order valence-electron chi connectivity index (χ3n) is 7.60. The van der Waals surface area contributed by atoms with E-state index in [-0.39, 0.29) is 16.2 Å². The van der Waals surface area contributed by atoms with Crippen molar-refractivity contribution in [3.63, 3.8) is 0 Å². The third-order valence-corrected chi connectivity index (χ3v) is 7.60. The highest BCUT2D eigenvalue weighted by Crippen LogP contribution is 2.66. The van der Waals surface area contributed by atoms with Crippen LogP contribution in [0.4, 0.5) is 0 Å². The lowest BCUT2D eigenvalue weighted by Gasteiger charge is -2.66. The molecule has 2 saturated carbocycles. The molecule has 2 N–H and O–H groups in total. The Kier molecular flexibility index (Phi) is 5.00. The topological polar surface area (TPSA) is 57.5 Å². The number of aliphatic carboxylic acids is 1. The predicted molar refractivity (Wildman–Crippen MR) is 97.8 cm³/mol. The fourth-order valence-electron chi connectivity index (χ4n) is 6.10. The zero-order chi connectivity index (χ0) is 18.4. The molecule has 138 valence electrons. The summed E-state index contributed by atoms with van der Waals surface area (Å²) in [5.74, 6) is -0.370. The van der Waals surface area contributed by atoms with Gasteiger partial charge in [0.15, 0.2) is 0 Å². The van der Waals surface area contributed by atoms with E-state index in [9.17, 15) is 9.90 Å². The average Bonchev–Trinajstić information content (AvgIpc) is 2.41. The molecule has 2 rings (SSSR count). The Hall–Kier alpha value is -0.830. The molecule has 3 atom stereocenters. The van der Waals surface area contributed by atoms with E-state index in [0.717, 1.165) is 18.4 Å². The number of fused-ring (bicyclic) bond motifs is 1. The molecule has 3 nitrogen and oxygen atoms in total. The molecule has 0 aromatic heterocycles. The van der Waals surface area contributed by atoms with Crippen molar-refractivity contribution in [3.8, 4) is 0 Å². The lowest BCUT2D eigenvalue weighted by atomic mass is 9.41. The summed E-state index contributed by atoms with van der Waals surface area (Å²) in [6.45, 7) is 13.3. The number of hydrogen-bond donors (Lipinski definition) is 2. The van der Waals surface area contributed by atoms with E-state index in [1.54, 1.807) is 0 Å². The molecule has 0 radical (unpaired) electrons. The van der Waals surface area contributed by atoms with Gasteiger partial charge in [-0.2, -0.15) is 0 Å². The largest absolute Gasteiger partial charge is 0.478 e. The maximum atomic E-state index is 12.0. The average molecular weight is 337 g/mol. The van der Waals surface area contributed by atoms with Gasteiger partial charge in [-0.3, -0.25) is 0 Å². The smallest absolute Gasteiger partial charge is 0.328 e. The molecule has 3 heteroatoms. The number of hydrogen-bond acceptors (Lipinski definition) is 2. The molecule has 0 aromatic carbocycles. The predicted octanol–water partition coefficient (Wildman–Crippen LogP) is 5.18. The molecule has 0 heterocycles. The van der Waals surface area contributed by atoms with E-state index in [2.05, 4.69) is 34.6 Å². The van der Waals surface area contributed by atoms with Crippen molar-refractivity contribution in [1.29, 1.82) is 0 Å². The van der Waals surface area contributed by atoms with Crippen LogP contribution in [0.1, 0.15) is 86.5 Å². The Labute approximate surface area is 147 Å². The molecule has 24 heavy (non-hydrogen) atoms. The Morgan fingerprint density at radius 3 is 2.33 bits per heavy atom. The first-order valence-electron chi connectivity index (χ1n) is 9.48. The number of carboxylic acid groups (broad SMARTS) is 1. The van der Waals surface area contributed by atoms with E-state index >= 15 is 0 Å². The van der Waals surface area contributed by atoms with Crippen LogP contribution < -0.4 is 0 Å². The number of carbonyl (C=O) groups is 1. The molecule has 2 aliphatic carbocycles. The Morgan fingerprint density at radius 1 is 1.12 bits per heavy atom. The quantitative estimate of drug-likeness (QED) is 0.695. The van der Waals surface area contributed by atoms with Crippen LogP contribution in [0.25, 0.3) is 0 Å². The van der Waals surface area contributed by atoms with Gasteiger partial charge in [-0.25, -0.2) is 4.79 Å². The van der Waals surface area contributed by atoms with Crippen LogP contribution in [-0.2, 0) is 4.79 Å². The van der Waals surface area contributed by atoms with Gasteiger partial charge >= 0.3 is 5.97 Å². The Bertz CT molecular complexity index is 531. The summed E-state index contributed by atoms with van der Waals surface area (Å²) in [4.78, 5) is 10.9. The molecular weight excluding hydrogens is 300 g/mol. The highest BCUT2D eigenvalue weighted by Gasteiger charge is 2.64. The van der Waals surface area contributed by atoms with Gasteiger partial charge in [0.2, 0.25) is 0 Å². The molecule has 0 aliphatic heterocycles. The van der Waals surface area contributed by atoms with Crippen molar-refractivity contribution in [2.24, 2.45) is 22.2 Å². The maximum absolute atomic E-state index is 12.0. The number of aliphatic hydroxyl groups is 1. The van der Waals surface area contributed by atoms with Crippen LogP contribution in [0, 0.1) is 22.2 Å². The summed E-state index contributed by atoms with van der Waals surface area (Å²) >= 11 is 0. The van der Waals surface area contributed by atoms with Crippen molar-refractivity contribution in [2.75, 3.05) is 0 Å². The van der Waals surface area contributed by atoms with Gasteiger partial charge in [0, 0.05) is 11.5 Å². The van der Waals surface area contributed by atoms with Crippen LogP contribution in [0.3, 0.4) is 0 Å². The molecule has 0 saturated heterocycles. The fourth-order valence-corrected chi connectivity index (χ4v) is 6.10. The highest BCUT2D eigenvalue weighted by atomic mass is 16.4. The summed E-state index contributed by atoms with van der Waals surface area (Å²) in [5, 5.41) is 20.9. The molecule has 2 fully saturated rings. The van der Waals surface area contributed by atoms with E-state index in [1.165, 1.54) is 25.3 Å². The third kappa shape index (κ3) is 3.05. The Morgan fingerprint density at radius 2 is 1.75 bits per heavy atom. The van der Waals surface area contributed by atoms with E-state index < -0.39 is 11.6 Å². The zero-order valence-electron chi connectivity index (χ0n) is 16.4. The molecule has 0 bridgehead atoms. The molecule has 0 aromatic rings. The monoisotopic (exact) mass is 336 g/mol. The summed E-state index contributed by atoms with van der Waals surface area (Å²) < 4.78 is 0. The van der Waals surface area contributed by atoms with Crippen LogP contribution in [0.5, 0.6) is 0 Å². The maximum Gasteiger partial charge on any atom is 0.328 e. The molecular formula is C21H36O3. The fraction of sp³-hybridized carbons (Fsp3) is 0.857. The first-order chi connectivity index (χ1) is 10.9. The SMILES string of the molecule is C/C(=C\C(=O)O)CC[C@@]1(O)C(C)(C)CC[C@H]2C(C)(C)CCC[C@@]21C. The van der Waals surface area contributed by atoms with Crippen LogP contribution in [0.2, 0.25) is 0 Å². The second-order valence-electron chi connectivity index (χ2n) is 9.92. The van der Waals surface area contributed by atoms with Gasteiger partial charge < -0.3 is 10.2 Å². The van der Waals surface area contributed by atoms with Gasteiger partial charge in [-0.1, -0.05) is 46.6 Å². The van der Waals surface area contributed by atoms with Gasteiger partial charge in [0.05, 0.1) is 5.60 Å². The lowest BCUT2D eigenvalue weighted by molar-refractivity contribution is -0.243. The zero-order valence-corrected chi connectivity index (χ0v) is 16.4. The second-order valence-corrected chi connectivity index (χ2v) is 9.92.